The number of rotatable bonds is 2. The average molecular weight is 164 g/mol. The van der Waals surface area contributed by atoms with Crippen molar-refractivity contribution in [2.75, 3.05) is 0 Å². The molecule has 0 amide bonds. The van der Waals surface area contributed by atoms with E-state index >= 15 is 0 Å². The van der Waals surface area contributed by atoms with Crippen LogP contribution in [0.25, 0.3) is 0 Å². The summed E-state index contributed by atoms with van der Waals surface area (Å²) in [7, 11) is 0. The van der Waals surface area contributed by atoms with Crippen molar-refractivity contribution >= 4 is 0 Å². The molecular weight excluding hydrogens is 148 g/mol. The molecule has 1 heterocycles. The Labute approximate surface area is 74.1 Å². The quantitative estimate of drug-likeness (QED) is 0.671. The summed E-state index contributed by atoms with van der Waals surface area (Å²) in [4.78, 5) is 8.75. The lowest BCUT2D eigenvalue weighted by molar-refractivity contribution is 0.753. The Kier molecular flexibility index (Phi) is 2.79. The lowest BCUT2D eigenvalue weighted by Crippen LogP contribution is -2.02. The first kappa shape index (κ1) is 9.17. The maximum Gasteiger partial charge on any atom is 0.131 e. The maximum absolute atomic E-state index is 4.48. The van der Waals surface area contributed by atoms with Crippen LogP contribution in [0.3, 0.4) is 0 Å². The Hall–Kier alpha value is -0.920. The van der Waals surface area contributed by atoms with Crippen LogP contribution in [0.1, 0.15) is 43.8 Å². The molecule has 0 atom stereocenters. The van der Waals surface area contributed by atoms with Gasteiger partial charge in [0.2, 0.25) is 0 Å². The van der Waals surface area contributed by atoms with Crippen molar-refractivity contribution in [3.05, 3.63) is 23.3 Å². The van der Waals surface area contributed by atoms with Crippen molar-refractivity contribution in [3.63, 3.8) is 0 Å². The molecule has 0 bridgehead atoms. The molecule has 0 saturated heterocycles. The molecule has 0 aliphatic heterocycles. The molecule has 12 heavy (non-hydrogen) atoms. The highest BCUT2D eigenvalue weighted by Gasteiger charge is 2.04. The van der Waals surface area contributed by atoms with Crippen molar-refractivity contribution in [2.45, 2.75) is 40.0 Å². The van der Waals surface area contributed by atoms with Crippen LogP contribution in [0.5, 0.6) is 0 Å². The summed E-state index contributed by atoms with van der Waals surface area (Å²) in [5.41, 5.74) is 2.37. The van der Waals surface area contributed by atoms with Crippen LogP contribution in [-0.2, 0) is 6.42 Å². The standard InChI is InChI=1S/C10H16N2/c1-5-9-8(4)6-11-10(12-9)7(2)3/h6-7H,5H2,1-4H3. The molecule has 0 N–H and O–H groups in total. The molecule has 0 unspecified atom stereocenters. The van der Waals surface area contributed by atoms with Gasteiger partial charge in [0.1, 0.15) is 5.82 Å². The van der Waals surface area contributed by atoms with E-state index < -0.39 is 0 Å². The first-order valence-electron chi connectivity index (χ1n) is 4.47. The minimum absolute atomic E-state index is 0.427. The van der Waals surface area contributed by atoms with Gasteiger partial charge in [-0.05, 0) is 18.9 Å². The molecular formula is C10H16N2. The van der Waals surface area contributed by atoms with Crippen LogP contribution >= 0.6 is 0 Å². The van der Waals surface area contributed by atoms with Crippen molar-refractivity contribution in [3.8, 4) is 0 Å². The molecule has 2 heteroatoms. The number of hydrogen-bond donors (Lipinski definition) is 0. The molecule has 0 radical (unpaired) electrons. The second-order valence-electron chi connectivity index (χ2n) is 3.37. The zero-order valence-electron chi connectivity index (χ0n) is 8.26. The molecule has 0 fully saturated rings. The number of hydrogen-bond acceptors (Lipinski definition) is 2. The van der Waals surface area contributed by atoms with Crippen LogP contribution in [-0.4, -0.2) is 9.97 Å². The fourth-order valence-electron chi connectivity index (χ4n) is 1.13. The minimum atomic E-state index is 0.427. The Morgan fingerprint density at radius 3 is 2.58 bits per heavy atom. The lowest BCUT2D eigenvalue weighted by atomic mass is 10.1. The minimum Gasteiger partial charge on any atom is -0.241 e. The zero-order valence-corrected chi connectivity index (χ0v) is 8.26. The van der Waals surface area contributed by atoms with E-state index in [1.165, 1.54) is 11.3 Å². The normalized spacial score (nSPS) is 10.8. The predicted octanol–water partition coefficient (Wildman–Crippen LogP) is 2.47. The SMILES string of the molecule is CCc1nc(C(C)C)ncc1C. The van der Waals surface area contributed by atoms with Crippen molar-refractivity contribution in [1.82, 2.24) is 9.97 Å². The molecule has 0 aliphatic rings. The Bertz CT molecular complexity index is 267. The first-order chi connectivity index (χ1) is 5.65. The van der Waals surface area contributed by atoms with Gasteiger partial charge < -0.3 is 0 Å². The highest BCUT2D eigenvalue weighted by Crippen LogP contribution is 2.11. The van der Waals surface area contributed by atoms with Gasteiger partial charge in [-0.2, -0.15) is 0 Å². The van der Waals surface area contributed by atoms with E-state index in [2.05, 4.69) is 37.7 Å². The Morgan fingerprint density at radius 1 is 1.42 bits per heavy atom. The molecule has 1 aromatic heterocycles. The lowest BCUT2D eigenvalue weighted by Gasteiger charge is -2.06. The average Bonchev–Trinajstić information content (AvgIpc) is 2.05. The molecule has 2 nitrogen and oxygen atoms in total. The van der Waals surface area contributed by atoms with Gasteiger partial charge >= 0.3 is 0 Å². The summed E-state index contributed by atoms with van der Waals surface area (Å²) >= 11 is 0. The Balaban J connectivity index is 3.05. The summed E-state index contributed by atoms with van der Waals surface area (Å²) in [5.74, 6) is 1.38. The second-order valence-corrected chi connectivity index (χ2v) is 3.37. The van der Waals surface area contributed by atoms with Gasteiger partial charge in [0.25, 0.3) is 0 Å². The summed E-state index contributed by atoms with van der Waals surface area (Å²) in [5, 5.41) is 0. The van der Waals surface area contributed by atoms with Crippen molar-refractivity contribution in [1.29, 1.82) is 0 Å². The third kappa shape index (κ3) is 1.81. The second kappa shape index (κ2) is 3.65. The fraction of sp³-hybridized carbons (Fsp3) is 0.600. The zero-order chi connectivity index (χ0) is 9.14. The van der Waals surface area contributed by atoms with E-state index in [0.29, 0.717) is 5.92 Å². The molecule has 1 rings (SSSR count). The van der Waals surface area contributed by atoms with Crippen molar-refractivity contribution in [2.24, 2.45) is 0 Å². The summed E-state index contributed by atoms with van der Waals surface area (Å²) in [6, 6.07) is 0. The summed E-state index contributed by atoms with van der Waals surface area (Å²) < 4.78 is 0. The van der Waals surface area contributed by atoms with Gasteiger partial charge in [-0.3, -0.25) is 0 Å². The largest absolute Gasteiger partial charge is 0.241 e. The monoisotopic (exact) mass is 164 g/mol. The van der Waals surface area contributed by atoms with Crippen LogP contribution in [0.4, 0.5) is 0 Å². The van der Waals surface area contributed by atoms with E-state index in [4.69, 9.17) is 0 Å². The van der Waals surface area contributed by atoms with Crippen LogP contribution in [0.2, 0.25) is 0 Å². The van der Waals surface area contributed by atoms with E-state index in [1.54, 1.807) is 0 Å². The Morgan fingerprint density at radius 2 is 2.08 bits per heavy atom. The van der Waals surface area contributed by atoms with Crippen molar-refractivity contribution < 1.29 is 0 Å². The molecule has 66 valence electrons. The van der Waals surface area contributed by atoms with E-state index in [-0.39, 0.29) is 0 Å². The van der Waals surface area contributed by atoms with Crippen LogP contribution in [0, 0.1) is 6.92 Å². The number of nitrogens with zero attached hydrogens (tertiary/aromatic N) is 2. The predicted molar refractivity (Wildman–Crippen MR) is 50.2 cm³/mol. The third-order valence-corrected chi connectivity index (χ3v) is 1.95. The third-order valence-electron chi connectivity index (χ3n) is 1.95. The molecule has 0 spiro atoms. The van der Waals surface area contributed by atoms with Gasteiger partial charge in [-0.15, -0.1) is 0 Å². The number of aryl methyl sites for hydroxylation is 2. The van der Waals surface area contributed by atoms with E-state index in [0.717, 1.165) is 12.2 Å². The maximum atomic E-state index is 4.48. The highest BCUT2D eigenvalue weighted by molar-refractivity contribution is 5.16. The smallest absolute Gasteiger partial charge is 0.131 e. The summed E-state index contributed by atoms with van der Waals surface area (Å²) in [6.07, 6.45) is 2.91. The van der Waals surface area contributed by atoms with E-state index in [1.807, 2.05) is 6.20 Å². The molecule has 0 aromatic carbocycles. The van der Waals surface area contributed by atoms with Gasteiger partial charge in [0.15, 0.2) is 0 Å². The van der Waals surface area contributed by atoms with E-state index in [9.17, 15) is 0 Å². The molecule has 0 saturated carbocycles. The van der Waals surface area contributed by atoms with Crippen LogP contribution < -0.4 is 0 Å². The van der Waals surface area contributed by atoms with Gasteiger partial charge in [0, 0.05) is 17.8 Å². The highest BCUT2D eigenvalue weighted by atomic mass is 14.9. The van der Waals surface area contributed by atoms with Crippen LogP contribution in [0.15, 0.2) is 6.20 Å². The first-order valence-corrected chi connectivity index (χ1v) is 4.47. The summed E-state index contributed by atoms with van der Waals surface area (Å²) in [6.45, 7) is 8.41. The van der Waals surface area contributed by atoms with Gasteiger partial charge in [-0.1, -0.05) is 20.8 Å². The van der Waals surface area contributed by atoms with Gasteiger partial charge in [-0.25, -0.2) is 9.97 Å². The molecule has 0 aliphatic carbocycles. The van der Waals surface area contributed by atoms with Gasteiger partial charge in [0.05, 0.1) is 0 Å². The number of aromatic nitrogens is 2. The fourth-order valence-corrected chi connectivity index (χ4v) is 1.13. The molecule has 1 aromatic rings. The topological polar surface area (TPSA) is 25.8 Å².